The van der Waals surface area contributed by atoms with E-state index in [1.807, 2.05) is 31.2 Å². The van der Waals surface area contributed by atoms with Gasteiger partial charge in [-0.2, -0.15) is 10.2 Å². The van der Waals surface area contributed by atoms with Crippen molar-refractivity contribution < 1.29 is 9.59 Å². The maximum atomic E-state index is 13.1. The van der Waals surface area contributed by atoms with Crippen LogP contribution in [0.15, 0.2) is 41.7 Å². The van der Waals surface area contributed by atoms with E-state index in [1.165, 1.54) is 0 Å². The molecule has 0 bridgehead atoms. The minimum absolute atomic E-state index is 0.160. The van der Waals surface area contributed by atoms with Gasteiger partial charge in [0.1, 0.15) is 17.6 Å². The number of amides is 2. The van der Waals surface area contributed by atoms with Crippen molar-refractivity contribution in [2.45, 2.75) is 45.2 Å². The number of nitrogens with zero attached hydrogens (tertiary/aromatic N) is 7. The molecule has 2 amide bonds. The second-order valence-corrected chi connectivity index (χ2v) is 8.47. The zero-order valence-electron chi connectivity index (χ0n) is 19.2. The summed E-state index contributed by atoms with van der Waals surface area (Å²) in [6.07, 6.45) is 9.69. The predicted octanol–water partition coefficient (Wildman–Crippen LogP) is 0.467. The van der Waals surface area contributed by atoms with Crippen LogP contribution in [0.4, 0.5) is 5.82 Å². The van der Waals surface area contributed by atoms with Crippen LogP contribution < -0.4 is 20.8 Å². The number of hydrogen-bond acceptors (Lipinski definition) is 6. The Kier molecular flexibility index (Phi) is 5.79. The van der Waals surface area contributed by atoms with Crippen molar-refractivity contribution in [1.82, 2.24) is 29.9 Å². The summed E-state index contributed by atoms with van der Waals surface area (Å²) in [5.41, 5.74) is 1.26. The SMILES string of the molecule is Cc1cc2n(n1)CC[C@@H](NC(=O)C1=N/C=c3/cnn(-c4ccccn4)/c3=C/CCC1)C(=O)N2C. The molecular formula is C24H26N8O2. The zero-order chi connectivity index (χ0) is 23.7. The molecule has 0 spiro atoms. The molecule has 0 saturated heterocycles. The fourth-order valence-corrected chi connectivity index (χ4v) is 4.29. The summed E-state index contributed by atoms with van der Waals surface area (Å²) < 4.78 is 3.58. The summed E-state index contributed by atoms with van der Waals surface area (Å²) >= 11 is 0. The number of hydrogen-bond donors (Lipinski definition) is 1. The van der Waals surface area contributed by atoms with Gasteiger partial charge in [-0.3, -0.25) is 19.5 Å². The molecule has 3 aromatic heterocycles. The first-order valence-corrected chi connectivity index (χ1v) is 11.4. The van der Waals surface area contributed by atoms with Gasteiger partial charge in [-0.15, -0.1) is 0 Å². The van der Waals surface area contributed by atoms with Gasteiger partial charge in [0.05, 0.1) is 17.2 Å². The van der Waals surface area contributed by atoms with Crippen LogP contribution in [0.25, 0.3) is 18.1 Å². The third-order valence-corrected chi connectivity index (χ3v) is 6.07. The van der Waals surface area contributed by atoms with Gasteiger partial charge >= 0.3 is 0 Å². The number of carbonyl (C=O) groups is 2. The van der Waals surface area contributed by atoms with Crippen LogP contribution in [-0.2, 0) is 16.1 Å². The van der Waals surface area contributed by atoms with Crippen LogP contribution >= 0.6 is 0 Å². The van der Waals surface area contributed by atoms with Gasteiger partial charge in [0, 0.05) is 37.3 Å². The minimum atomic E-state index is -0.635. The molecule has 1 atom stereocenters. The average molecular weight is 459 g/mol. The highest BCUT2D eigenvalue weighted by Crippen LogP contribution is 2.20. The Morgan fingerprint density at radius 1 is 1.26 bits per heavy atom. The Bertz CT molecular complexity index is 1390. The first-order valence-electron chi connectivity index (χ1n) is 11.4. The highest BCUT2D eigenvalue weighted by Gasteiger charge is 2.31. The molecule has 1 N–H and O–H groups in total. The smallest absolute Gasteiger partial charge is 0.266 e. The standard InChI is InChI=1S/C24H26N8O2/c1-16-13-22-30(2)24(34)19(10-12-31(22)29-16)28-23(33)18-7-3-4-8-20-17(14-26-18)15-27-32(20)21-9-5-6-11-25-21/h5-6,8-9,11,13-15,19H,3-4,7,10,12H2,1-2H3,(H,28,33)/b17-14-,20-8+,26-18?/t19-/m1/s1. The van der Waals surface area contributed by atoms with Gasteiger partial charge in [0.15, 0.2) is 5.82 Å². The summed E-state index contributed by atoms with van der Waals surface area (Å²) in [4.78, 5) is 36.6. The molecule has 3 aromatic rings. The number of likely N-dealkylation sites (N-methyl/N-ethyl adjacent to an activating group) is 1. The molecule has 2 aliphatic rings. The Labute approximate surface area is 196 Å². The Morgan fingerprint density at radius 2 is 2.15 bits per heavy atom. The molecule has 0 aliphatic carbocycles. The van der Waals surface area contributed by atoms with E-state index < -0.39 is 6.04 Å². The van der Waals surface area contributed by atoms with Crippen molar-refractivity contribution in [3.05, 3.63) is 52.9 Å². The van der Waals surface area contributed by atoms with E-state index in [1.54, 1.807) is 39.9 Å². The molecule has 0 aromatic carbocycles. The molecule has 5 rings (SSSR count). The number of aliphatic imine (C=N–C) groups is 1. The van der Waals surface area contributed by atoms with E-state index in [2.05, 4.69) is 31.6 Å². The highest BCUT2D eigenvalue weighted by molar-refractivity contribution is 6.39. The lowest BCUT2D eigenvalue weighted by atomic mass is 10.1. The fraction of sp³-hybridized carbons (Fsp3) is 0.333. The van der Waals surface area contributed by atoms with Crippen molar-refractivity contribution in [2.75, 3.05) is 11.9 Å². The second kappa shape index (κ2) is 9.05. The highest BCUT2D eigenvalue weighted by atomic mass is 16.2. The third-order valence-electron chi connectivity index (χ3n) is 6.07. The van der Waals surface area contributed by atoms with Crippen LogP contribution in [-0.4, -0.2) is 55.2 Å². The van der Waals surface area contributed by atoms with Gasteiger partial charge in [0.25, 0.3) is 11.8 Å². The number of pyridine rings is 1. The first-order chi connectivity index (χ1) is 16.5. The van der Waals surface area contributed by atoms with Crippen molar-refractivity contribution >= 4 is 35.6 Å². The van der Waals surface area contributed by atoms with E-state index in [9.17, 15) is 9.59 Å². The molecule has 174 valence electrons. The largest absolute Gasteiger partial charge is 0.339 e. The number of aryl methyl sites for hydroxylation is 2. The van der Waals surface area contributed by atoms with Crippen molar-refractivity contribution in [3.8, 4) is 5.82 Å². The number of anilines is 1. The molecule has 10 nitrogen and oxygen atoms in total. The Morgan fingerprint density at radius 3 is 2.97 bits per heavy atom. The average Bonchev–Trinajstić information content (AvgIpc) is 3.42. The van der Waals surface area contributed by atoms with Crippen LogP contribution in [0.2, 0.25) is 0 Å². The van der Waals surface area contributed by atoms with Crippen molar-refractivity contribution in [1.29, 1.82) is 0 Å². The maximum Gasteiger partial charge on any atom is 0.266 e. The summed E-state index contributed by atoms with van der Waals surface area (Å²) in [5, 5.41) is 13.5. The number of aromatic nitrogens is 5. The number of fused-ring (bicyclic) bond motifs is 2. The van der Waals surface area contributed by atoms with Crippen LogP contribution in [0, 0.1) is 6.92 Å². The summed E-state index contributed by atoms with van der Waals surface area (Å²) in [7, 11) is 1.71. The van der Waals surface area contributed by atoms with Crippen LogP contribution in [0.3, 0.4) is 0 Å². The third kappa shape index (κ3) is 4.14. The molecule has 0 saturated carbocycles. The fourth-order valence-electron chi connectivity index (χ4n) is 4.29. The number of carbonyl (C=O) groups excluding carboxylic acids is 2. The molecular weight excluding hydrogens is 432 g/mol. The normalized spacial score (nSPS) is 20.2. The van der Waals surface area contributed by atoms with E-state index >= 15 is 0 Å². The van der Waals surface area contributed by atoms with Gasteiger partial charge < -0.3 is 5.32 Å². The van der Waals surface area contributed by atoms with Gasteiger partial charge in [0.2, 0.25) is 0 Å². The van der Waals surface area contributed by atoms with E-state index in [0.717, 1.165) is 40.7 Å². The lowest BCUT2D eigenvalue weighted by Gasteiger charge is -2.20. The van der Waals surface area contributed by atoms with E-state index in [-0.39, 0.29) is 11.8 Å². The van der Waals surface area contributed by atoms with Gasteiger partial charge in [-0.05, 0) is 44.7 Å². The van der Waals surface area contributed by atoms with Gasteiger partial charge in [-0.25, -0.2) is 14.3 Å². The Balaban J connectivity index is 1.38. The first kappa shape index (κ1) is 21.7. The van der Waals surface area contributed by atoms with E-state index in [4.69, 9.17) is 0 Å². The number of rotatable bonds is 3. The summed E-state index contributed by atoms with van der Waals surface area (Å²) in [6, 6.07) is 6.90. The Hall–Kier alpha value is -4.08. The van der Waals surface area contributed by atoms with Gasteiger partial charge in [-0.1, -0.05) is 12.1 Å². The lowest BCUT2D eigenvalue weighted by Crippen LogP contribution is -2.48. The second-order valence-electron chi connectivity index (χ2n) is 8.47. The van der Waals surface area contributed by atoms with Crippen molar-refractivity contribution in [2.24, 2.45) is 4.99 Å². The quantitative estimate of drug-likeness (QED) is 0.613. The van der Waals surface area contributed by atoms with Crippen LogP contribution in [0.1, 0.15) is 31.4 Å². The van der Waals surface area contributed by atoms with Crippen molar-refractivity contribution in [3.63, 3.8) is 0 Å². The molecule has 0 radical (unpaired) electrons. The summed E-state index contributed by atoms with van der Waals surface area (Å²) in [6.45, 7) is 2.45. The minimum Gasteiger partial charge on any atom is -0.339 e. The monoisotopic (exact) mass is 458 g/mol. The molecule has 0 fully saturated rings. The number of nitrogens with one attached hydrogen (secondary N) is 1. The molecule has 5 heterocycles. The predicted molar refractivity (Wildman–Crippen MR) is 128 cm³/mol. The van der Waals surface area contributed by atoms with E-state index in [0.29, 0.717) is 25.1 Å². The molecule has 34 heavy (non-hydrogen) atoms. The lowest BCUT2D eigenvalue weighted by molar-refractivity contribution is -0.124. The molecule has 2 aliphatic heterocycles. The topological polar surface area (TPSA) is 110 Å². The maximum absolute atomic E-state index is 13.1. The zero-order valence-corrected chi connectivity index (χ0v) is 19.2. The van der Waals surface area contributed by atoms with Crippen LogP contribution in [0.5, 0.6) is 0 Å². The molecule has 0 unspecified atom stereocenters. The molecule has 10 heteroatoms. The summed E-state index contributed by atoms with van der Waals surface area (Å²) in [5.74, 6) is 0.979.